The number of benzene rings is 2. The van der Waals surface area contributed by atoms with Crippen LogP contribution in [0.3, 0.4) is 0 Å². The molecule has 1 aliphatic carbocycles. The summed E-state index contributed by atoms with van der Waals surface area (Å²) in [7, 11) is 0. The van der Waals surface area contributed by atoms with E-state index in [9.17, 15) is 14.4 Å². The predicted octanol–water partition coefficient (Wildman–Crippen LogP) is 4.57. The lowest BCUT2D eigenvalue weighted by Crippen LogP contribution is -2.55. The Morgan fingerprint density at radius 1 is 1.05 bits per heavy atom. The number of hydrogen-bond donors (Lipinski definition) is 2. The van der Waals surface area contributed by atoms with Crippen molar-refractivity contribution in [3.8, 4) is 12.3 Å². The molecular weight excluding hydrogens is 466 g/mol. The second-order valence-corrected chi connectivity index (χ2v) is 10.7. The van der Waals surface area contributed by atoms with Gasteiger partial charge in [-0.25, -0.2) is 4.79 Å². The number of hydrogen-bond acceptors (Lipinski definition) is 4. The zero-order chi connectivity index (χ0) is 27.2. The molecule has 0 bridgehead atoms. The summed E-state index contributed by atoms with van der Waals surface area (Å²) in [5.41, 5.74) is 1.59. The van der Waals surface area contributed by atoms with Gasteiger partial charge in [-0.3, -0.25) is 9.59 Å². The van der Waals surface area contributed by atoms with Gasteiger partial charge in [0.15, 0.2) is 0 Å². The fourth-order valence-electron chi connectivity index (χ4n) is 4.06. The molecule has 196 valence electrons. The third-order valence-electron chi connectivity index (χ3n) is 6.03. The number of terminal acetylenes is 1. The Morgan fingerprint density at radius 2 is 1.68 bits per heavy atom. The fourth-order valence-corrected chi connectivity index (χ4v) is 4.06. The summed E-state index contributed by atoms with van der Waals surface area (Å²) in [6.07, 6.45) is 6.43. The van der Waals surface area contributed by atoms with Crippen LogP contribution in [0.2, 0.25) is 0 Å². The number of ether oxygens (including phenoxy) is 1. The van der Waals surface area contributed by atoms with E-state index < -0.39 is 23.8 Å². The first-order valence-corrected chi connectivity index (χ1v) is 12.7. The topological polar surface area (TPSA) is 87.7 Å². The van der Waals surface area contributed by atoms with E-state index in [1.807, 2.05) is 44.2 Å². The van der Waals surface area contributed by atoms with E-state index in [1.54, 1.807) is 49.9 Å². The highest BCUT2D eigenvalue weighted by Gasteiger charge is 2.44. The molecule has 2 unspecified atom stereocenters. The first-order chi connectivity index (χ1) is 17.5. The summed E-state index contributed by atoms with van der Waals surface area (Å²) in [6.45, 7) is 9.34. The molecule has 0 radical (unpaired) electrons. The van der Waals surface area contributed by atoms with Gasteiger partial charge in [-0.2, -0.15) is 0 Å². The third-order valence-corrected chi connectivity index (χ3v) is 6.03. The molecule has 2 aromatic rings. The van der Waals surface area contributed by atoms with Crippen molar-refractivity contribution in [2.45, 2.75) is 77.7 Å². The minimum absolute atomic E-state index is 0.103. The highest BCUT2D eigenvalue weighted by atomic mass is 16.6. The molecule has 1 fully saturated rings. The number of alkyl carbamates (subject to hydrolysis) is 1. The lowest BCUT2D eigenvalue weighted by atomic mass is 9.98. The SMILES string of the molecule is C#Cc1ccc(C(C(=O)NCc2ccccc2)N(C(=O)C(NC(=O)OC(C)(C)C)C(C)C)C2CC2)cc1. The van der Waals surface area contributed by atoms with Crippen LogP contribution in [0.5, 0.6) is 0 Å². The molecule has 2 N–H and O–H groups in total. The molecule has 0 heterocycles. The van der Waals surface area contributed by atoms with E-state index >= 15 is 0 Å². The normalized spacial score (nSPS) is 14.7. The average molecular weight is 504 g/mol. The van der Waals surface area contributed by atoms with Crippen LogP contribution in [-0.4, -0.2) is 40.5 Å². The maximum absolute atomic E-state index is 14.0. The summed E-state index contributed by atoms with van der Waals surface area (Å²) in [5.74, 6) is 1.75. The summed E-state index contributed by atoms with van der Waals surface area (Å²) < 4.78 is 5.41. The van der Waals surface area contributed by atoms with Gasteiger partial charge in [0, 0.05) is 18.2 Å². The number of carbonyl (C=O) groups is 3. The van der Waals surface area contributed by atoms with E-state index in [2.05, 4.69) is 16.6 Å². The molecule has 7 nitrogen and oxygen atoms in total. The van der Waals surface area contributed by atoms with Crippen molar-refractivity contribution in [2.24, 2.45) is 5.92 Å². The molecule has 0 aromatic heterocycles. The van der Waals surface area contributed by atoms with Gasteiger partial charge in [0.2, 0.25) is 11.8 Å². The smallest absolute Gasteiger partial charge is 0.408 e. The van der Waals surface area contributed by atoms with Crippen molar-refractivity contribution in [3.63, 3.8) is 0 Å². The van der Waals surface area contributed by atoms with Gasteiger partial charge in [-0.1, -0.05) is 62.2 Å². The van der Waals surface area contributed by atoms with Gasteiger partial charge in [-0.05, 0) is 62.8 Å². The highest BCUT2D eigenvalue weighted by molar-refractivity contribution is 5.92. The van der Waals surface area contributed by atoms with E-state index in [-0.39, 0.29) is 23.8 Å². The molecule has 3 rings (SSSR count). The van der Waals surface area contributed by atoms with Crippen molar-refractivity contribution in [1.82, 2.24) is 15.5 Å². The molecule has 37 heavy (non-hydrogen) atoms. The van der Waals surface area contributed by atoms with Crippen molar-refractivity contribution in [1.29, 1.82) is 0 Å². The van der Waals surface area contributed by atoms with Crippen LogP contribution in [0.25, 0.3) is 0 Å². The summed E-state index contributed by atoms with van der Waals surface area (Å²) in [6, 6.07) is 14.9. The van der Waals surface area contributed by atoms with Crippen molar-refractivity contribution >= 4 is 17.9 Å². The Kier molecular flexibility index (Phi) is 8.99. The Hall–Kier alpha value is -3.79. The first kappa shape index (κ1) is 27.8. The van der Waals surface area contributed by atoms with Crippen LogP contribution in [-0.2, 0) is 20.9 Å². The van der Waals surface area contributed by atoms with Gasteiger partial charge < -0.3 is 20.3 Å². The quantitative estimate of drug-likeness (QED) is 0.491. The van der Waals surface area contributed by atoms with E-state index in [0.29, 0.717) is 17.7 Å². The Balaban J connectivity index is 1.93. The largest absolute Gasteiger partial charge is 0.444 e. The Labute approximate surface area is 220 Å². The molecule has 0 aliphatic heterocycles. The minimum Gasteiger partial charge on any atom is -0.444 e. The highest BCUT2D eigenvalue weighted by Crippen LogP contribution is 2.36. The Morgan fingerprint density at radius 3 is 2.19 bits per heavy atom. The van der Waals surface area contributed by atoms with Crippen molar-refractivity contribution < 1.29 is 19.1 Å². The second kappa shape index (κ2) is 12.0. The van der Waals surface area contributed by atoms with Crippen LogP contribution in [0.1, 0.15) is 70.2 Å². The summed E-state index contributed by atoms with van der Waals surface area (Å²) in [5, 5.41) is 5.75. The average Bonchev–Trinajstić information content (AvgIpc) is 3.68. The Bertz CT molecular complexity index is 1130. The summed E-state index contributed by atoms with van der Waals surface area (Å²) in [4.78, 5) is 41.9. The van der Waals surface area contributed by atoms with Crippen LogP contribution in [0.4, 0.5) is 4.79 Å². The molecule has 1 saturated carbocycles. The number of rotatable bonds is 9. The molecule has 2 atom stereocenters. The number of nitrogens with one attached hydrogen (secondary N) is 2. The lowest BCUT2D eigenvalue weighted by molar-refractivity contribution is -0.144. The van der Waals surface area contributed by atoms with Gasteiger partial charge in [0.25, 0.3) is 0 Å². The first-order valence-electron chi connectivity index (χ1n) is 12.7. The standard InChI is InChI=1S/C30H37N3O4/c1-7-21-13-15-23(16-14-21)26(27(34)31-19-22-11-9-8-10-12-22)33(24-17-18-24)28(35)25(20(2)3)32-29(36)37-30(4,5)6/h1,8-16,20,24-26H,17-19H2,2-6H3,(H,31,34)(H,32,36). The zero-order valence-electron chi connectivity index (χ0n) is 22.3. The molecule has 1 aliphatic rings. The molecular formula is C30H37N3O4. The summed E-state index contributed by atoms with van der Waals surface area (Å²) >= 11 is 0. The minimum atomic E-state index is -0.878. The van der Waals surface area contributed by atoms with Crippen LogP contribution in [0.15, 0.2) is 54.6 Å². The van der Waals surface area contributed by atoms with Crippen LogP contribution >= 0.6 is 0 Å². The van der Waals surface area contributed by atoms with E-state index in [0.717, 1.165) is 18.4 Å². The zero-order valence-corrected chi connectivity index (χ0v) is 22.3. The molecule has 3 amide bonds. The predicted molar refractivity (Wildman–Crippen MR) is 143 cm³/mol. The van der Waals surface area contributed by atoms with Crippen molar-refractivity contribution in [2.75, 3.05) is 0 Å². The fraction of sp³-hybridized carbons (Fsp3) is 0.433. The molecule has 0 saturated heterocycles. The number of carbonyl (C=O) groups excluding carboxylic acids is 3. The van der Waals surface area contributed by atoms with Gasteiger partial charge in [-0.15, -0.1) is 6.42 Å². The maximum Gasteiger partial charge on any atom is 0.408 e. The van der Waals surface area contributed by atoms with Gasteiger partial charge in [0.05, 0.1) is 0 Å². The molecule has 0 spiro atoms. The molecule has 7 heteroatoms. The second-order valence-electron chi connectivity index (χ2n) is 10.7. The number of amides is 3. The maximum atomic E-state index is 14.0. The third kappa shape index (κ3) is 7.85. The van der Waals surface area contributed by atoms with E-state index in [4.69, 9.17) is 11.2 Å². The van der Waals surface area contributed by atoms with Gasteiger partial charge >= 0.3 is 6.09 Å². The van der Waals surface area contributed by atoms with E-state index in [1.165, 1.54) is 0 Å². The van der Waals surface area contributed by atoms with Crippen molar-refractivity contribution in [3.05, 3.63) is 71.3 Å². The van der Waals surface area contributed by atoms with Gasteiger partial charge in [0.1, 0.15) is 17.7 Å². The lowest BCUT2D eigenvalue weighted by Gasteiger charge is -2.35. The number of nitrogens with zero attached hydrogens (tertiary/aromatic N) is 1. The molecule has 2 aromatic carbocycles. The monoisotopic (exact) mass is 503 g/mol. The van der Waals surface area contributed by atoms with Crippen LogP contribution in [0, 0.1) is 18.3 Å². The van der Waals surface area contributed by atoms with Crippen LogP contribution < -0.4 is 10.6 Å².